The molecular formula is C26H38N2O8. The Morgan fingerprint density at radius 2 is 1.67 bits per heavy atom. The first kappa shape index (κ1) is 32.3. The summed E-state index contributed by atoms with van der Waals surface area (Å²) in [4.78, 5) is 36.3. The van der Waals surface area contributed by atoms with Crippen molar-refractivity contribution in [3.63, 3.8) is 0 Å². The molecule has 10 heteroatoms. The molecule has 0 spiro atoms. The zero-order valence-electron chi connectivity index (χ0n) is 21.9. The second kappa shape index (κ2) is 19.6. The lowest BCUT2D eigenvalue weighted by Crippen LogP contribution is -2.18. The smallest absolute Gasteiger partial charge is 0.305 e. The Morgan fingerprint density at radius 1 is 1.03 bits per heavy atom. The summed E-state index contributed by atoms with van der Waals surface area (Å²) in [5.74, 6) is -1.13. The van der Waals surface area contributed by atoms with E-state index in [1.807, 2.05) is 37.3 Å². The highest BCUT2D eigenvalue weighted by Gasteiger charge is 2.16. The van der Waals surface area contributed by atoms with Gasteiger partial charge in [0, 0.05) is 25.6 Å². The van der Waals surface area contributed by atoms with Crippen molar-refractivity contribution in [3.05, 3.63) is 53.9 Å². The predicted molar refractivity (Wildman–Crippen MR) is 134 cm³/mol. The van der Waals surface area contributed by atoms with Crippen molar-refractivity contribution in [2.45, 2.75) is 60.2 Å². The number of aromatic nitrogens is 1. The van der Waals surface area contributed by atoms with Crippen LogP contribution in [0, 0.1) is 0 Å². The molecule has 1 amide bonds. The fraction of sp³-hybridized carbons (Fsp3) is 0.462. The summed E-state index contributed by atoms with van der Waals surface area (Å²) in [6.45, 7) is 9.67. The lowest BCUT2D eigenvalue weighted by molar-refractivity contribution is -0.148. The van der Waals surface area contributed by atoms with Crippen LogP contribution in [0.25, 0.3) is 0 Å². The quantitative estimate of drug-likeness (QED) is 0.353. The standard InChI is InChI=1S/C13H18O3.C10H12N2O5.C3H8/c1-3-13(14)16-9-11(2)15-10-12-7-5-4-6-8-12;1-6(13)16-5-17-9-7(15-2)3-4-12-8(9)10(11)14;1-3-2/h4-8,11H,3,9-10H2,1-2H3;3-4H,5H2,1-2H3,(H2,11,14);3H2,1-2H3. The third kappa shape index (κ3) is 14.6. The van der Waals surface area contributed by atoms with E-state index in [0.29, 0.717) is 19.6 Å². The second-order valence-corrected chi connectivity index (χ2v) is 7.30. The monoisotopic (exact) mass is 506 g/mol. The number of amides is 1. The molecule has 0 aliphatic rings. The summed E-state index contributed by atoms with van der Waals surface area (Å²) in [6, 6.07) is 11.4. The van der Waals surface area contributed by atoms with Crippen molar-refractivity contribution in [1.82, 2.24) is 4.98 Å². The lowest BCUT2D eigenvalue weighted by atomic mass is 10.2. The SMILES string of the molecule is CCC.CCC(=O)OCC(C)OCc1ccccc1.COc1ccnc(C(N)=O)c1OCOC(C)=O. The van der Waals surface area contributed by atoms with Gasteiger partial charge in [-0.25, -0.2) is 4.98 Å². The van der Waals surface area contributed by atoms with E-state index >= 15 is 0 Å². The molecule has 0 radical (unpaired) electrons. The highest BCUT2D eigenvalue weighted by molar-refractivity contribution is 5.94. The number of ether oxygens (including phenoxy) is 5. The van der Waals surface area contributed by atoms with Gasteiger partial charge in [0.2, 0.25) is 6.79 Å². The van der Waals surface area contributed by atoms with Crippen molar-refractivity contribution in [2.75, 3.05) is 20.5 Å². The van der Waals surface area contributed by atoms with Gasteiger partial charge < -0.3 is 29.4 Å². The van der Waals surface area contributed by atoms with Gasteiger partial charge in [0.05, 0.1) is 19.8 Å². The largest absolute Gasteiger partial charge is 0.493 e. The molecule has 2 rings (SSSR count). The van der Waals surface area contributed by atoms with E-state index in [4.69, 9.17) is 24.7 Å². The molecule has 200 valence electrons. The summed E-state index contributed by atoms with van der Waals surface area (Å²) >= 11 is 0. The molecule has 0 fully saturated rings. The van der Waals surface area contributed by atoms with E-state index in [2.05, 4.69) is 23.6 Å². The van der Waals surface area contributed by atoms with Crippen molar-refractivity contribution in [3.8, 4) is 11.5 Å². The number of pyridine rings is 1. The molecule has 36 heavy (non-hydrogen) atoms. The Bertz CT molecular complexity index is 906. The molecule has 0 saturated carbocycles. The molecule has 1 heterocycles. The molecule has 1 unspecified atom stereocenters. The number of methoxy groups -OCH3 is 1. The third-order valence-electron chi connectivity index (χ3n) is 3.93. The number of benzene rings is 1. The van der Waals surface area contributed by atoms with Crippen LogP contribution in [0.5, 0.6) is 11.5 Å². The third-order valence-corrected chi connectivity index (χ3v) is 3.93. The minimum atomic E-state index is -0.762. The summed E-state index contributed by atoms with van der Waals surface area (Å²) in [6.07, 6.45) is 2.94. The molecule has 1 aromatic carbocycles. The topological polar surface area (TPSA) is 136 Å². The number of primary amides is 1. The van der Waals surface area contributed by atoms with Gasteiger partial charge in [-0.2, -0.15) is 0 Å². The Morgan fingerprint density at radius 3 is 2.19 bits per heavy atom. The zero-order chi connectivity index (χ0) is 27.3. The van der Waals surface area contributed by atoms with Gasteiger partial charge in [-0.15, -0.1) is 0 Å². The fourth-order valence-corrected chi connectivity index (χ4v) is 2.25. The predicted octanol–water partition coefficient (Wildman–Crippen LogP) is 4.05. The number of hydrogen-bond donors (Lipinski definition) is 1. The van der Waals surface area contributed by atoms with Gasteiger partial charge in [0.1, 0.15) is 6.61 Å². The molecule has 0 aliphatic carbocycles. The fourth-order valence-electron chi connectivity index (χ4n) is 2.25. The maximum Gasteiger partial charge on any atom is 0.305 e. The van der Waals surface area contributed by atoms with E-state index in [9.17, 15) is 14.4 Å². The molecule has 0 saturated heterocycles. The highest BCUT2D eigenvalue weighted by atomic mass is 16.7. The Kier molecular flexibility index (Phi) is 17.6. The van der Waals surface area contributed by atoms with Gasteiger partial charge >= 0.3 is 11.9 Å². The number of nitrogens with two attached hydrogens (primary N) is 1. The molecule has 0 aliphatic heterocycles. The maximum absolute atomic E-state index is 11.1. The highest BCUT2D eigenvalue weighted by Crippen LogP contribution is 2.29. The summed E-state index contributed by atoms with van der Waals surface area (Å²) in [5, 5.41) is 0. The number of hydrogen-bond acceptors (Lipinski definition) is 9. The van der Waals surface area contributed by atoms with Gasteiger partial charge in [0.15, 0.2) is 17.2 Å². The minimum absolute atomic E-state index is 0.0451. The molecule has 1 atom stereocenters. The Labute approximate surface area is 213 Å². The average molecular weight is 507 g/mol. The number of carbonyl (C=O) groups is 3. The van der Waals surface area contributed by atoms with Gasteiger partial charge in [-0.1, -0.05) is 57.5 Å². The summed E-state index contributed by atoms with van der Waals surface area (Å²) < 4.78 is 25.2. The van der Waals surface area contributed by atoms with Crippen LogP contribution in [0.1, 0.15) is 63.5 Å². The molecule has 10 nitrogen and oxygen atoms in total. The average Bonchev–Trinajstić information content (AvgIpc) is 2.87. The molecule has 1 aromatic heterocycles. The summed E-state index contributed by atoms with van der Waals surface area (Å²) in [5.41, 5.74) is 6.16. The first-order valence-corrected chi connectivity index (χ1v) is 11.6. The zero-order valence-corrected chi connectivity index (χ0v) is 21.9. The van der Waals surface area contributed by atoms with E-state index in [0.717, 1.165) is 5.56 Å². The minimum Gasteiger partial charge on any atom is -0.493 e. The van der Waals surface area contributed by atoms with Gasteiger partial charge in [0.25, 0.3) is 5.91 Å². The molecule has 2 aromatic rings. The number of nitrogens with zero attached hydrogens (tertiary/aromatic N) is 1. The number of rotatable bonds is 11. The van der Waals surface area contributed by atoms with Crippen molar-refractivity contribution >= 4 is 17.8 Å². The van der Waals surface area contributed by atoms with Crippen LogP contribution in [-0.4, -0.2) is 49.4 Å². The van der Waals surface area contributed by atoms with E-state index in [1.165, 1.54) is 32.7 Å². The first-order chi connectivity index (χ1) is 17.2. The molecule has 2 N–H and O–H groups in total. The van der Waals surface area contributed by atoms with Crippen LogP contribution in [0.3, 0.4) is 0 Å². The van der Waals surface area contributed by atoms with Crippen molar-refractivity contribution in [2.24, 2.45) is 5.73 Å². The van der Waals surface area contributed by atoms with Gasteiger partial charge in [-0.3, -0.25) is 14.4 Å². The number of carbonyl (C=O) groups excluding carboxylic acids is 3. The van der Waals surface area contributed by atoms with Crippen LogP contribution in [0.15, 0.2) is 42.6 Å². The van der Waals surface area contributed by atoms with E-state index < -0.39 is 11.9 Å². The molecular weight excluding hydrogens is 468 g/mol. The van der Waals surface area contributed by atoms with Gasteiger partial charge in [-0.05, 0) is 12.5 Å². The van der Waals surface area contributed by atoms with Crippen LogP contribution >= 0.6 is 0 Å². The normalized spacial score (nSPS) is 10.4. The van der Waals surface area contributed by atoms with Crippen LogP contribution < -0.4 is 15.2 Å². The van der Waals surface area contributed by atoms with E-state index in [-0.39, 0.29) is 36.1 Å². The molecule has 0 bridgehead atoms. The van der Waals surface area contributed by atoms with Crippen LogP contribution in [0.4, 0.5) is 0 Å². The summed E-state index contributed by atoms with van der Waals surface area (Å²) in [7, 11) is 1.40. The van der Waals surface area contributed by atoms with Crippen molar-refractivity contribution < 1.29 is 38.1 Å². The maximum atomic E-state index is 11.1. The van der Waals surface area contributed by atoms with E-state index in [1.54, 1.807) is 6.92 Å². The first-order valence-electron chi connectivity index (χ1n) is 11.6. The second-order valence-electron chi connectivity index (χ2n) is 7.30. The Hall–Kier alpha value is -3.66. The van der Waals surface area contributed by atoms with Crippen molar-refractivity contribution in [1.29, 1.82) is 0 Å². The number of esters is 2. The van der Waals surface area contributed by atoms with Crippen LogP contribution in [-0.2, 0) is 30.4 Å². The van der Waals surface area contributed by atoms with Crippen LogP contribution in [0.2, 0.25) is 0 Å². The lowest BCUT2D eigenvalue weighted by Gasteiger charge is -2.13. The Balaban J connectivity index is 0.000000614.